The highest BCUT2D eigenvalue weighted by Crippen LogP contribution is 2.19. The molecule has 0 aliphatic rings. The first-order valence-corrected chi connectivity index (χ1v) is 12.0. The molecule has 0 saturated carbocycles. The monoisotopic (exact) mass is 457 g/mol. The third kappa shape index (κ3) is 7.67. The van der Waals surface area contributed by atoms with Gasteiger partial charge in [-0.15, -0.1) is 11.8 Å². The molecule has 32 heavy (non-hydrogen) atoms. The molecular formula is C24H31N3O4S. The second kappa shape index (κ2) is 12.9. The van der Waals surface area contributed by atoms with Gasteiger partial charge in [0, 0.05) is 30.5 Å². The van der Waals surface area contributed by atoms with Gasteiger partial charge in [-0.25, -0.2) is 0 Å². The molecule has 2 aromatic rings. The zero-order valence-corrected chi connectivity index (χ0v) is 19.6. The van der Waals surface area contributed by atoms with Crippen LogP contribution in [0.25, 0.3) is 0 Å². The average molecular weight is 458 g/mol. The summed E-state index contributed by atoms with van der Waals surface area (Å²) in [4.78, 5) is 38.1. The van der Waals surface area contributed by atoms with Crippen LogP contribution in [0.4, 0.5) is 5.69 Å². The molecule has 0 fully saturated rings. The molecule has 172 valence electrons. The maximum atomic E-state index is 13.2. The van der Waals surface area contributed by atoms with Gasteiger partial charge in [-0.3, -0.25) is 19.7 Å². The van der Waals surface area contributed by atoms with Crippen molar-refractivity contribution < 1.29 is 14.5 Å². The van der Waals surface area contributed by atoms with Gasteiger partial charge < -0.3 is 10.2 Å². The predicted molar refractivity (Wildman–Crippen MR) is 128 cm³/mol. The van der Waals surface area contributed by atoms with Crippen molar-refractivity contribution in [1.29, 1.82) is 0 Å². The van der Waals surface area contributed by atoms with E-state index in [1.54, 1.807) is 17.0 Å². The molecule has 2 rings (SSSR count). The van der Waals surface area contributed by atoms with Crippen molar-refractivity contribution >= 4 is 29.3 Å². The molecule has 0 unspecified atom stereocenters. The maximum Gasteiger partial charge on any atom is 0.269 e. The topological polar surface area (TPSA) is 92.6 Å². The van der Waals surface area contributed by atoms with Crippen molar-refractivity contribution in [2.45, 2.75) is 58.0 Å². The first-order valence-electron chi connectivity index (χ1n) is 10.8. The number of hydrogen-bond donors (Lipinski definition) is 1. The molecule has 2 aromatic carbocycles. The van der Waals surface area contributed by atoms with Crippen molar-refractivity contribution in [2.75, 3.05) is 5.75 Å². The van der Waals surface area contributed by atoms with Gasteiger partial charge in [-0.2, -0.15) is 0 Å². The third-order valence-electron chi connectivity index (χ3n) is 5.22. The van der Waals surface area contributed by atoms with Crippen LogP contribution in [0.3, 0.4) is 0 Å². The number of non-ortho nitro benzene ring substituents is 1. The summed E-state index contributed by atoms with van der Waals surface area (Å²) in [6.07, 6.45) is 1.34. The average Bonchev–Trinajstić information content (AvgIpc) is 2.79. The minimum atomic E-state index is -0.545. The van der Waals surface area contributed by atoms with Gasteiger partial charge >= 0.3 is 0 Å². The lowest BCUT2D eigenvalue weighted by atomic mass is 10.1. The van der Waals surface area contributed by atoms with Gasteiger partial charge in [0.1, 0.15) is 6.04 Å². The summed E-state index contributed by atoms with van der Waals surface area (Å²) in [6, 6.07) is 15.5. The minimum Gasteiger partial charge on any atom is -0.352 e. The number of nitrogens with zero attached hydrogens (tertiary/aromatic N) is 2. The van der Waals surface area contributed by atoms with E-state index in [4.69, 9.17) is 0 Å². The van der Waals surface area contributed by atoms with Crippen molar-refractivity contribution in [3.8, 4) is 0 Å². The molecule has 0 bridgehead atoms. The van der Waals surface area contributed by atoms with E-state index in [2.05, 4.69) is 5.32 Å². The Morgan fingerprint density at radius 2 is 1.69 bits per heavy atom. The number of carbonyl (C=O) groups excluding carboxylic acids is 2. The zero-order chi connectivity index (χ0) is 23.5. The highest BCUT2D eigenvalue weighted by Gasteiger charge is 2.29. The second-order valence-electron chi connectivity index (χ2n) is 7.67. The molecule has 8 heteroatoms. The van der Waals surface area contributed by atoms with E-state index >= 15 is 0 Å². The van der Waals surface area contributed by atoms with Gasteiger partial charge in [0.2, 0.25) is 11.8 Å². The Labute approximate surface area is 193 Å². The number of nitro benzene ring substituents is 1. The number of rotatable bonds is 12. The summed E-state index contributed by atoms with van der Waals surface area (Å²) in [5, 5.41) is 13.8. The number of amides is 2. The molecular weight excluding hydrogens is 426 g/mol. The van der Waals surface area contributed by atoms with Crippen LogP contribution in [0.1, 0.15) is 44.7 Å². The quantitative estimate of drug-likeness (QED) is 0.373. The highest BCUT2D eigenvalue weighted by atomic mass is 32.2. The molecule has 1 N–H and O–H groups in total. The molecule has 0 radical (unpaired) electrons. The highest BCUT2D eigenvalue weighted by molar-refractivity contribution is 7.99. The van der Waals surface area contributed by atoms with Crippen LogP contribution in [0.15, 0.2) is 54.6 Å². The van der Waals surface area contributed by atoms with Crippen molar-refractivity contribution in [1.82, 2.24) is 10.2 Å². The Hall–Kier alpha value is -2.87. The van der Waals surface area contributed by atoms with Gasteiger partial charge in [0.25, 0.3) is 5.69 Å². The molecule has 7 nitrogen and oxygen atoms in total. The van der Waals surface area contributed by atoms with Gasteiger partial charge in [-0.05, 0) is 30.9 Å². The summed E-state index contributed by atoms with van der Waals surface area (Å²) in [5.41, 5.74) is 1.92. The number of thioether (sulfide) groups is 1. The van der Waals surface area contributed by atoms with E-state index in [1.165, 1.54) is 23.9 Å². The van der Waals surface area contributed by atoms with E-state index in [0.717, 1.165) is 17.5 Å². The summed E-state index contributed by atoms with van der Waals surface area (Å²) in [7, 11) is 0. The van der Waals surface area contributed by atoms with E-state index in [-0.39, 0.29) is 29.3 Å². The fraction of sp³-hybridized carbons (Fsp3) is 0.417. The molecule has 0 saturated heterocycles. The van der Waals surface area contributed by atoms with Crippen LogP contribution in [0, 0.1) is 10.1 Å². The van der Waals surface area contributed by atoms with E-state index in [0.29, 0.717) is 18.7 Å². The number of carbonyl (C=O) groups is 2. The van der Waals surface area contributed by atoms with Crippen molar-refractivity contribution in [3.05, 3.63) is 75.8 Å². The largest absolute Gasteiger partial charge is 0.352 e. The SMILES string of the molecule is CC[C@@H](C)NC(=O)[C@@H](CC)N(Cc1ccccc1)C(=O)CSCc1ccc([N+](=O)[O-])cc1. The first kappa shape index (κ1) is 25.4. The predicted octanol–water partition coefficient (Wildman–Crippen LogP) is 4.55. The lowest BCUT2D eigenvalue weighted by molar-refractivity contribution is -0.384. The van der Waals surface area contributed by atoms with Crippen molar-refractivity contribution in [2.24, 2.45) is 0 Å². The number of nitrogens with one attached hydrogen (secondary N) is 1. The third-order valence-corrected chi connectivity index (χ3v) is 6.21. The Kier molecular flexibility index (Phi) is 10.2. The number of nitro groups is 1. The van der Waals surface area contributed by atoms with Crippen LogP contribution in [0.2, 0.25) is 0 Å². The summed E-state index contributed by atoms with van der Waals surface area (Å²) < 4.78 is 0. The van der Waals surface area contributed by atoms with Gasteiger partial charge in [-0.1, -0.05) is 56.3 Å². The van der Waals surface area contributed by atoms with E-state index in [1.807, 2.05) is 51.1 Å². The van der Waals surface area contributed by atoms with E-state index in [9.17, 15) is 19.7 Å². The summed E-state index contributed by atoms with van der Waals surface area (Å²) in [5.74, 6) is 0.536. The van der Waals surface area contributed by atoms with Crippen LogP contribution < -0.4 is 5.32 Å². The summed E-state index contributed by atoms with van der Waals surface area (Å²) in [6.45, 7) is 6.24. The van der Waals surface area contributed by atoms with E-state index < -0.39 is 11.0 Å². The van der Waals surface area contributed by atoms with Crippen LogP contribution in [0.5, 0.6) is 0 Å². The molecule has 2 amide bonds. The minimum absolute atomic E-state index is 0.0433. The van der Waals surface area contributed by atoms with Gasteiger partial charge in [0.05, 0.1) is 10.7 Å². The fourth-order valence-corrected chi connectivity index (χ4v) is 4.06. The normalized spacial score (nSPS) is 12.6. The number of benzene rings is 2. The lowest BCUT2D eigenvalue weighted by Crippen LogP contribution is -2.51. The Morgan fingerprint density at radius 1 is 1.03 bits per heavy atom. The van der Waals surface area contributed by atoms with Gasteiger partial charge in [0.15, 0.2) is 0 Å². The second-order valence-corrected chi connectivity index (χ2v) is 8.65. The first-order chi connectivity index (χ1) is 15.3. The molecule has 0 aliphatic heterocycles. The van der Waals surface area contributed by atoms with Crippen LogP contribution in [-0.4, -0.2) is 39.5 Å². The van der Waals surface area contributed by atoms with Crippen LogP contribution >= 0.6 is 11.8 Å². The standard InChI is InChI=1S/C24H31N3O4S/c1-4-18(3)25-24(29)22(5-2)26(15-19-9-7-6-8-10-19)23(28)17-32-16-20-11-13-21(14-12-20)27(30)31/h6-14,18,22H,4-5,15-17H2,1-3H3,(H,25,29)/t18-,22-/m1/s1. The molecule has 0 heterocycles. The smallest absolute Gasteiger partial charge is 0.269 e. The van der Waals surface area contributed by atoms with Crippen LogP contribution in [-0.2, 0) is 21.9 Å². The molecule has 0 spiro atoms. The van der Waals surface area contributed by atoms with Crippen molar-refractivity contribution in [3.63, 3.8) is 0 Å². The Bertz CT molecular complexity index is 890. The zero-order valence-electron chi connectivity index (χ0n) is 18.8. The molecule has 0 aliphatic carbocycles. The Balaban J connectivity index is 2.08. The maximum absolute atomic E-state index is 13.2. The molecule has 2 atom stereocenters. The number of hydrogen-bond acceptors (Lipinski definition) is 5. The fourth-order valence-electron chi connectivity index (χ4n) is 3.19. The summed E-state index contributed by atoms with van der Waals surface area (Å²) >= 11 is 1.43. The lowest BCUT2D eigenvalue weighted by Gasteiger charge is -2.31. The molecule has 0 aromatic heterocycles. The Morgan fingerprint density at radius 3 is 2.25 bits per heavy atom.